The predicted octanol–water partition coefficient (Wildman–Crippen LogP) is 2.66. The van der Waals surface area contributed by atoms with E-state index < -0.39 is 0 Å². The Bertz CT molecular complexity index is 251. The van der Waals surface area contributed by atoms with Crippen molar-refractivity contribution >= 4 is 21.8 Å². The minimum atomic E-state index is 0.0818. The lowest BCUT2D eigenvalue weighted by molar-refractivity contribution is 0.774. The van der Waals surface area contributed by atoms with Crippen LogP contribution in [0.5, 0.6) is 0 Å². The van der Waals surface area contributed by atoms with Gasteiger partial charge in [0, 0.05) is 13.1 Å². The zero-order valence-electron chi connectivity index (χ0n) is 8.84. The van der Waals surface area contributed by atoms with Crippen LogP contribution in [-0.2, 0) is 0 Å². The Morgan fingerprint density at radius 3 is 1.47 bits per heavy atom. The molecule has 2 aliphatic heterocycles. The summed E-state index contributed by atoms with van der Waals surface area (Å²) >= 11 is 0. The van der Waals surface area contributed by atoms with Crippen molar-refractivity contribution < 1.29 is 0 Å². The molecule has 2 aliphatic rings. The average molecular weight is 241 g/mol. The SMILES string of the molecule is C1=C[SH](CCNCC[SH]2C=CC=C2)C=C1. The third-order valence-corrected chi connectivity index (χ3v) is 6.13. The highest BCUT2D eigenvalue weighted by atomic mass is 32.2. The quantitative estimate of drug-likeness (QED) is 0.480. The van der Waals surface area contributed by atoms with Crippen LogP contribution in [0.1, 0.15) is 0 Å². The Labute approximate surface area is 97.7 Å². The van der Waals surface area contributed by atoms with Gasteiger partial charge in [-0.25, -0.2) is 21.8 Å². The van der Waals surface area contributed by atoms with Gasteiger partial charge in [-0.05, 0) is 33.1 Å². The second kappa shape index (κ2) is 6.26. The van der Waals surface area contributed by atoms with Crippen LogP contribution in [0.4, 0.5) is 0 Å². The molecule has 0 aliphatic carbocycles. The third kappa shape index (κ3) is 3.93. The van der Waals surface area contributed by atoms with Crippen molar-refractivity contribution in [3.63, 3.8) is 0 Å². The van der Waals surface area contributed by atoms with Gasteiger partial charge >= 0.3 is 0 Å². The third-order valence-electron chi connectivity index (χ3n) is 2.43. The Hall–Kier alpha value is -0.380. The molecule has 1 N–H and O–H groups in total. The van der Waals surface area contributed by atoms with E-state index >= 15 is 0 Å². The molecule has 0 radical (unpaired) electrons. The zero-order valence-corrected chi connectivity index (χ0v) is 10.6. The second-order valence-corrected chi connectivity index (χ2v) is 7.74. The molecule has 3 heteroatoms. The second-order valence-electron chi connectivity index (χ2n) is 3.59. The summed E-state index contributed by atoms with van der Waals surface area (Å²) in [6, 6.07) is 0. The van der Waals surface area contributed by atoms with Gasteiger partial charge in [0.1, 0.15) is 0 Å². The van der Waals surface area contributed by atoms with E-state index in [9.17, 15) is 0 Å². The summed E-state index contributed by atoms with van der Waals surface area (Å²) in [4.78, 5) is 0. The van der Waals surface area contributed by atoms with Gasteiger partial charge in [-0.1, -0.05) is 24.3 Å². The molecule has 1 nitrogen and oxygen atoms in total. The minimum Gasteiger partial charge on any atom is -0.315 e. The van der Waals surface area contributed by atoms with Gasteiger partial charge in [0.15, 0.2) is 0 Å². The highest BCUT2D eigenvalue weighted by molar-refractivity contribution is 8.22. The van der Waals surface area contributed by atoms with Gasteiger partial charge in [-0.2, -0.15) is 0 Å². The van der Waals surface area contributed by atoms with Crippen molar-refractivity contribution in [1.29, 1.82) is 0 Å². The molecule has 0 atom stereocenters. The van der Waals surface area contributed by atoms with Gasteiger partial charge in [-0.15, -0.1) is 0 Å². The summed E-state index contributed by atoms with van der Waals surface area (Å²) in [6.07, 6.45) is 8.68. The van der Waals surface area contributed by atoms with Gasteiger partial charge in [-0.3, -0.25) is 0 Å². The van der Waals surface area contributed by atoms with Crippen molar-refractivity contribution in [2.75, 3.05) is 24.6 Å². The van der Waals surface area contributed by atoms with Crippen molar-refractivity contribution in [2.45, 2.75) is 0 Å². The number of rotatable bonds is 6. The largest absolute Gasteiger partial charge is 0.315 e. The van der Waals surface area contributed by atoms with E-state index in [1.807, 2.05) is 0 Å². The van der Waals surface area contributed by atoms with E-state index in [-0.39, 0.29) is 21.8 Å². The molecule has 0 bridgehead atoms. The van der Waals surface area contributed by atoms with Crippen molar-refractivity contribution in [3.8, 4) is 0 Å². The molecular formula is C12H19NS2. The van der Waals surface area contributed by atoms with Gasteiger partial charge in [0.05, 0.1) is 0 Å². The lowest BCUT2D eigenvalue weighted by Crippen LogP contribution is -2.21. The maximum atomic E-state index is 3.54. The predicted molar refractivity (Wildman–Crippen MR) is 77.1 cm³/mol. The van der Waals surface area contributed by atoms with Crippen molar-refractivity contribution in [2.24, 2.45) is 0 Å². The fourth-order valence-corrected chi connectivity index (χ4v) is 4.49. The van der Waals surface area contributed by atoms with E-state index in [1.165, 1.54) is 11.5 Å². The van der Waals surface area contributed by atoms with Crippen LogP contribution in [0, 0.1) is 0 Å². The monoisotopic (exact) mass is 241 g/mol. The molecule has 0 fully saturated rings. The molecule has 0 spiro atoms. The van der Waals surface area contributed by atoms with E-state index in [1.54, 1.807) is 0 Å². The van der Waals surface area contributed by atoms with E-state index in [0.29, 0.717) is 0 Å². The summed E-state index contributed by atoms with van der Waals surface area (Å²) in [5.41, 5.74) is 0. The molecule has 0 aromatic carbocycles. The van der Waals surface area contributed by atoms with Crippen LogP contribution in [0.25, 0.3) is 0 Å². The zero-order chi connectivity index (χ0) is 10.3. The molecule has 0 aromatic rings. The molecule has 2 heterocycles. The first-order chi connectivity index (χ1) is 7.45. The van der Waals surface area contributed by atoms with Crippen LogP contribution in [0.15, 0.2) is 45.9 Å². The highest BCUT2D eigenvalue weighted by Crippen LogP contribution is 2.32. The smallest absolute Gasteiger partial charge is 0.00315 e. The lowest BCUT2D eigenvalue weighted by atomic mass is 10.6. The maximum absolute atomic E-state index is 3.54. The lowest BCUT2D eigenvalue weighted by Gasteiger charge is -2.13. The summed E-state index contributed by atoms with van der Waals surface area (Å²) in [5.74, 6) is 2.60. The fraction of sp³-hybridized carbons (Fsp3) is 0.333. The van der Waals surface area contributed by atoms with E-state index in [2.05, 4.69) is 51.3 Å². The van der Waals surface area contributed by atoms with Crippen LogP contribution in [0.2, 0.25) is 0 Å². The van der Waals surface area contributed by atoms with Crippen LogP contribution < -0.4 is 5.32 Å². The topological polar surface area (TPSA) is 12.0 Å². The van der Waals surface area contributed by atoms with Crippen LogP contribution in [0.3, 0.4) is 0 Å². The van der Waals surface area contributed by atoms with Crippen LogP contribution >= 0.6 is 21.8 Å². The molecule has 0 saturated heterocycles. The Morgan fingerprint density at radius 1 is 0.667 bits per heavy atom. The minimum absolute atomic E-state index is 0.0818. The summed E-state index contributed by atoms with van der Waals surface area (Å²) < 4.78 is 0. The number of allylic oxidation sites excluding steroid dienone is 4. The number of thiol groups is 2. The number of nitrogens with one attached hydrogen (secondary N) is 1. The standard InChI is InChI=1S/C12H19NS2/c1-2-8-14(7-1)11-5-13-6-12-15-9-3-4-10-15/h1-4,7-10,13-15H,5-6,11-12H2. The Balaban J connectivity index is 1.48. The maximum Gasteiger partial charge on any atom is 0.00315 e. The van der Waals surface area contributed by atoms with Crippen LogP contribution in [-0.4, -0.2) is 24.6 Å². The normalized spacial score (nSPS) is 22.1. The molecule has 0 amide bonds. The van der Waals surface area contributed by atoms with Gasteiger partial charge < -0.3 is 5.32 Å². The Kier molecular flexibility index (Phi) is 4.64. The molecule has 0 unspecified atom stereocenters. The molecule has 0 aromatic heterocycles. The molecule has 0 saturated carbocycles. The van der Waals surface area contributed by atoms with Gasteiger partial charge in [0.25, 0.3) is 0 Å². The van der Waals surface area contributed by atoms with E-state index in [4.69, 9.17) is 0 Å². The number of hydrogen-bond donors (Lipinski definition) is 3. The van der Waals surface area contributed by atoms with Gasteiger partial charge in [0.2, 0.25) is 0 Å². The molecule has 84 valence electrons. The fourth-order valence-electron chi connectivity index (χ4n) is 1.58. The number of hydrogen-bond acceptors (Lipinski definition) is 1. The summed E-state index contributed by atoms with van der Waals surface area (Å²) in [6.45, 7) is 2.33. The molecular weight excluding hydrogens is 222 g/mol. The molecule has 2 rings (SSSR count). The highest BCUT2D eigenvalue weighted by Gasteiger charge is 2.00. The summed E-state index contributed by atoms with van der Waals surface area (Å²) in [5, 5.41) is 12.9. The summed E-state index contributed by atoms with van der Waals surface area (Å²) in [7, 11) is 0.164. The Morgan fingerprint density at radius 2 is 1.07 bits per heavy atom. The first-order valence-electron chi connectivity index (χ1n) is 5.37. The van der Waals surface area contributed by atoms with Crippen molar-refractivity contribution in [3.05, 3.63) is 45.9 Å². The average Bonchev–Trinajstić information content (AvgIpc) is 2.88. The van der Waals surface area contributed by atoms with E-state index in [0.717, 1.165) is 13.1 Å². The van der Waals surface area contributed by atoms with Crippen molar-refractivity contribution in [1.82, 2.24) is 5.32 Å². The first-order valence-corrected chi connectivity index (χ1v) is 8.70. The molecule has 15 heavy (non-hydrogen) atoms. The first kappa shape index (κ1) is 11.1.